The van der Waals surface area contributed by atoms with Gasteiger partial charge in [0, 0.05) is 18.9 Å². The molecule has 7 heteroatoms. The van der Waals surface area contributed by atoms with Gasteiger partial charge in [-0.1, -0.05) is 19.9 Å². The van der Waals surface area contributed by atoms with Gasteiger partial charge in [-0.3, -0.25) is 0 Å². The van der Waals surface area contributed by atoms with Gasteiger partial charge in [-0.15, -0.1) is 10.2 Å². The quantitative estimate of drug-likeness (QED) is 0.875. The molecule has 3 rings (SSSR count). The molecule has 0 saturated heterocycles. The van der Waals surface area contributed by atoms with Gasteiger partial charge in [0.2, 0.25) is 21.8 Å². The van der Waals surface area contributed by atoms with Crippen molar-refractivity contribution in [3.05, 3.63) is 41.1 Å². The molecule has 6 nitrogen and oxygen atoms in total. The van der Waals surface area contributed by atoms with Crippen molar-refractivity contribution in [3.63, 3.8) is 0 Å². The van der Waals surface area contributed by atoms with Crippen LogP contribution in [-0.2, 0) is 29.3 Å². The molecule has 1 aromatic carbocycles. The first-order valence-corrected chi connectivity index (χ1v) is 9.38. The summed E-state index contributed by atoms with van der Waals surface area (Å²) < 4.78 is 32.8. The fourth-order valence-corrected chi connectivity index (χ4v) is 3.77. The highest BCUT2D eigenvalue weighted by Crippen LogP contribution is 2.24. The molecule has 1 aliphatic carbocycles. The smallest absolute Gasteiger partial charge is 0.240 e. The summed E-state index contributed by atoms with van der Waals surface area (Å²) >= 11 is 0. The highest BCUT2D eigenvalue weighted by atomic mass is 32.2. The molecule has 1 aliphatic rings. The first kappa shape index (κ1) is 16.1. The molecule has 0 bridgehead atoms. The van der Waals surface area contributed by atoms with Gasteiger partial charge < -0.3 is 4.42 Å². The number of nitrogens with one attached hydrogen (secondary N) is 1. The van der Waals surface area contributed by atoms with Gasteiger partial charge in [-0.25, -0.2) is 13.1 Å². The van der Waals surface area contributed by atoms with Gasteiger partial charge in [-0.2, -0.15) is 0 Å². The van der Waals surface area contributed by atoms with E-state index < -0.39 is 10.0 Å². The minimum atomic E-state index is -3.50. The van der Waals surface area contributed by atoms with Crippen LogP contribution in [0, 0.1) is 0 Å². The van der Waals surface area contributed by atoms with E-state index in [0.29, 0.717) is 23.1 Å². The Hall–Kier alpha value is -1.73. The Kier molecular flexibility index (Phi) is 4.50. The highest BCUT2D eigenvalue weighted by molar-refractivity contribution is 7.89. The second kappa shape index (κ2) is 6.41. The van der Waals surface area contributed by atoms with E-state index in [1.165, 1.54) is 5.56 Å². The van der Waals surface area contributed by atoms with Crippen LogP contribution >= 0.6 is 0 Å². The van der Waals surface area contributed by atoms with Gasteiger partial charge in [0.1, 0.15) is 0 Å². The summed E-state index contributed by atoms with van der Waals surface area (Å²) in [4.78, 5) is 0.326. The molecule has 0 saturated carbocycles. The van der Waals surface area contributed by atoms with Crippen LogP contribution in [0.15, 0.2) is 27.5 Å². The van der Waals surface area contributed by atoms with E-state index in [-0.39, 0.29) is 12.5 Å². The van der Waals surface area contributed by atoms with E-state index >= 15 is 0 Å². The lowest BCUT2D eigenvalue weighted by Crippen LogP contribution is -2.26. The van der Waals surface area contributed by atoms with E-state index in [0.717, 1.165) is 24.8 Å². The zero-order chi connectivity index (χ0) is 16.4. The second-order valence-corrected chi connectivity index (χ2v) is 7.89. The summed E-state index contributed by atoms with van der Waals surface area (Å²) in [7, 11) is -3.50. The maximum absolute atomic E-state index is 12.4. The first-order chi connectivity index (χ1) is 11.0. The molecule has 1 N–H and O–H groups in total. The van der Waals surface area contributed by atoms with E-state index in [2.05, 4.69) is 14.9 Å². The third-order valence-corrected chi connectivity index (χ3v) is 5.45. The van der Waals surface area contributed by atoms with Crippen LogP contribution in [0.3, 0.4) is 0 Å². The van der Waals surface area contributed by atoms with Crippen molar-refractivity contribution in [3.8, 4) is 0 Å². The van der Waals surface area contributed by atoms with Crippen molar-refractivity contribution in [1.29, 1.82) is 0 Å². The van der Waals surface area contributed by atoms with Crippen LogP contribution in [0.25, 0.3) is 0 Å². The summed E-state index contributed by atoms with van der Waals surface area (Å²) in [5, 5.41) is 7.86. The average molecular weight is 335 g/mol. The summed E-state index contributed by atoms with van der Waals surface area (Å²) in [5.74, 6) is 1.19. The number of hydrogen-bond donors (Lipinski definition) is 1. The number of fused-ring (bicyclic) bond motifs is 1. The maximum atomic E-state index is 12.4. The maximum Gasteiger partial charge on any atom is 0.240 e. The summed E-state index contributed by atoms with van der Waals surface area (Å²) in [6.45, 7) is 4.17. The largest absolute Gasteiger partial charge is 0.425 e. The third kappa shape index (κ3) is 3.61. The van der Waals surface area contributed by atoms with Crippen molar-refractivity contribution in [2.75, 3.05) is 6.54 Å². The molecule has 0 unspecified atom stereocenters. The van der Waals surface area contributed by atoms with Crippen LogP contribution < -0.4 is 4.72 Å². The molecule has 2 aromatic rings. The lowest BCUT2D eigenvalue weighted by molar-refractivity contribution is 0.431. The van der Waals surface area contributed by atoms with Gasteiger partial charge in [-0.05, 0) is 42.5 Å². The number of rotatable bonds is 6. The summed E-state index contributed by atoms with van der Waals surface area (Å²) in [6.07, 6.45) is 3.47. The Morgan fingerprint density at radius 2 is 2.00 bits per heavy atom. The average Bonchev–Trinajstić information content (AvgIpc) is 3.15. The van der Waals surface area contributed by atoms with Gasteiger partial charge in [0.05, 0.1) is 4.90 Å². The van der Waals surface area contributed by atoms with Crippen LogP contribution in [0.4, 0.5) is 0 Å². The zero-order valence-electron chi connectivity index (χ0n) is 13.4. The predicted molar refractivity (Wildman–Crippen MR) is 85.7 cm³/mol. The Bertz CT molecular complexity index is 797. The van der Waals surface area contributed by atoms with Crippen molar-refractivity contribution >= 4 is 10.0 Å². The van der Waals surface area contributed by atoms with Crippen LogP contribution in [0.2, 0.25) is 0 Å². The summed E-state index contributed by atoms with van der Waals surface area (Å²) in [6, 6.07) is 5.38. The molecule has 0 radical (unpaired) electrons. The lowest BCUT2D eigenvalue weighted by atomic mass is 10.1. The van der Waals surface area contributed by atoms with Gasteiger partial charge >= 0.3 is 0 Å². The first-order valence-electron chi connectivity index (χ1n) is 7.89. The standard InChI is InChI=1S/C16H21N3O3S/c1-11(2)16-19-18-15(22-16)8-9-17-23(20,21)14-7-6-12-4-3-5-13(12)10-14/h6-7,10-11,17H,3-5,8-9H2,1-2H3. The topological polar surface area (TPSA) is 85.1 Å². The number of aryl methyl sites for hydroxylation is 2. The Labute approximate surface area is 136 Å². The zero-order valence-corrected chi connectivity index (χ0v) is 14.2. The SMILES string of the molecule is CC(C)c1nnc(CCNS(=O)(=O)c2ccc3c(c2)CCC3)o1. The molecule has 0 atom stereocenters. The second-order valence-electron chi connectivity index (χ2n) is 6.12. The van der Waals surface area contributed by atoms with Crippen molar-refractivity contribution in [2.45, 2.75) is 50.3 Å². The van der Waals surface area contributed by atoms with Crippen molar-refractivity contribution in [2.24, 2.45) is 0 Å². The summed E-state index contributed by atoms with van der Waals surface area (Å²) in [5.41, 5.74) is 2.40. The molecule has 0 aliphatic heterocycles. The van der Waals surface area contributed by atoms with E-state index in [9.17, 15) is 8.42 Å². The fourth-order valence-electron chi connectivity index (χ4n) is 2.69. The minimum absolute atomic E-state index is 0.166. The molecule has 1 heterocycles. The molecular formula is C16H21N3O3S. The molecular weight excluding hydrogens is 314 g/mol. The minimum Gasteiger partial charge on any atom is -0.425 e. The molecule has 124 valence electrons. The number of benzene rings is 1. The van der Waals surface area contributed by atoms with Crippen LogP contribution in [0.1, 0.15) is 49.1 Å². The fraction of sp³-hybridized carbons (Fsp3) is 0.500. The van der Waals surface area contributed by atoms with Crippen LogP contribution in [-0.4, -0.2) is 25.2 Å². The van der Waals surface area contributed by atoms with E-state index in [1.807, 2.05) is 19.9 Å². The molecule has 23 heavy (non-hydrogen) atoms. The lowest BCUT2D eigenvalue weighted by Gasteiger charge is -2.07. The third-order valence-electron chi connectivity index (χ3n) is 3.99. The van der Waals surface area contributed by atoms with Gasteiger partial charge in [0.25, 0.3) is 0 Å². The normalized spacial score (nSPS) is 14.4. The number of nitrogens with zero attached hydrogens (tertiary/aromatic N) is 2. The highest BCUT2D eigenvalue weighted by Gasteiger charge is 2.18. The molecule has 1 aromatic heterocycles. The van der Waals surface area contributed by atoms with E-state index in [4.69, 9.17) is 4.42 Å². The molecule has 0 fully saturated rings. The number of aromatic nitrogens is 2. The van der Waals surface area contributed by atoms with Crippen LogP contribution in [0.5, 0.6) is 0 Å². The molecule has 0 amide bonds. The molecule has 0 spiro atoms. The number of hydrogen-bond acceptors (Lipinski definition) is 5. The van der Waals surface area contributed by atoms with Crippen molar-refractivity contribution in [1.82, 2.24) is 14.9 Å². The number of sulfonamides is 1. The Morgan fingerprint density at radius 3 is 2.74 bits per heavy atom. The van der Waals surface area contributed by atoms with Gasteiger partial charge in [0.15, 0.2) is 0 Å². The predicted octanol–water partition coefficient (Wildman–Crippen LogP) is 2.20. The Balaban J connectivity index is 1.62. The Morgan fingerprint density at radius 1 is 1.22 bits per heavy atom. The van der Waals surface area contributed by atoms with E-state index in [1.54, 1.807) is 12.1 Å². The van der Waals surface area contributed by atoms with Crippen molar-refractivity contribution < 1.29 is 12.8 Å². The monoisotopic (exact) mass is 335 g/mol.